The number of anilines is 1. The summed E-state index contributed by atoms with van der Waals surface area (Å²) in [6.45, 7) is 4.02. The van der Waals surface area contributed by atoms with Gasteiger partial charge in [-0.05, 0) is 18.6 Å². The quantitative estimate of drug-likeness (QED) is 0.586. The standard InChI is InChI=1S/C17H24N6OS/c18-16(21-12-14(13-24)11-15-3-1-2-4-19-15)22-6-8-23(9-7-22)17-20-5-10-25-17/h1-5,10,14,24H,6-9,11-13H2,(H2,18,21). The van der Waals surface area contributed by atoms with Crippen molar-refractivity contribution >= 4 is 22.4 Å². The number of hydrogen-bond donors (Lipinski definition) is 2. The van der Waals surface area contributed by atoms with E-state index < -0.39 is 0 Å². The highest BCUT2D eigenvalue weighted by molar-refractivity contribution is 7.13. The highest BCUT2D eigenvalue weighted by Crippen LogP contribution is 2.18. The lowest BCUT2D eigenvalue weighted by molar-refractivity contribution is 0.228. The summed E-state index contributed by atoms with van der Waals surface area (Å²) in [7, 11) is 0. The number of aliphatic imine (C=N–C) groups is 1. The van der Waals surface area contributed by atoms with Crippen LogP contribution in [0.2, 0.25) is 0 Å². The molecule has 0 aromatic carbocycles. The van der Waals surface area contributed by atoms with Gasteiger partial charge in [-0.3, -0.25) is 9.98 Å². The molecule has 1 atom stereocenters. The molecule has 2 aromatic heterocycles. The maximum atomic E-state index is 9.59. The zero-order valence-electron chi connectivity index (χ0n) is 14.2. The Morgan fingerprint density at radius 2 is 2.08 bits per heavy atom. The molecule has 0 amide bonds. The summed E-state index contributed by atoms with van der Waals surface area (Å²) in [6.07, 6.45) is 4.30. The van der Waals surface area contributed by atoms with Gasteiger partial charge in [0.25, 0.3) is 0 Å². The number of aliphatic hydroxyl groups is 1. The molecule has 3 rings (SSSR count). The van der Waals surface area contributed by atoms with Crippen molar-refractivity contribution in [2.75, 3.05) is 44.2 Å². The second-order valence-corrected chi connectivity index (χ2v) is 6.93. The van der Waals surface area contributed by atoms with E-state index in [4.69, 9.17) is 5.73 Å². The molecule has 0 aliphatic carbocycles. The van der Waals surface area contributed by atoms with Crippen molar-refractivity contribution in [2.24, 2.45) is 16.6 Å². The predicted molar refractivity (Wildman–Crippen MR) is 101 cm³/mol. The molecule has 3 N–H and O–H groups in total. The molecule has 134 valence electrons. The van der Waals surface area contributed by atoms with Crippen molar-refractivity contribution in [3.8, 4) is 0 Å². The van der Waals surface area contributed by atoms with Gasteiger partial charge in [0.15, 0.2) is 11.1 Å². The second kappa shape index (κ2) is 8.77. The van der Waals surface area contributed by atoms with Gasteiger partial charge in [0.2, 0.25) is 0 Å². The third-order valence-electron chi connectivity index (χ3n) is 4.29. The first-order valence-corrected chi connectivity index (χ1v) is 9.34. The van der Waals surface area contributed by atoms with Crippen LogP contribution in [0.5, 0.6) is 0 Å². The molecule has 0 spiro atoms. The molecule has 2 aromatic rings. The predicted octanol–water partition coefficient (Wildman–Crippen LogP) is 0.826. The molecule has 1 unspecified atom stereocenters. The maximum Gasteiger partial charge on any atom is 0.191 e. The normalized spacial score (nSPS) is 16.9. The molecule has 1 saturated heterocycles. The number of piperazine rings is 1. The molecule has 1 fully saturated rings. The highest BCUT2D eigenvalue weighted by atomic mass is 32.1. The number of nitrogens with two attached hydrogens (primary N) is 1. The third-order valence-corrected chi connectivity index (χ3v) is 5.12. The van der Waals surface area contributed by atoms with Crippen LogP contribution in [0.3, 0.4) is 0 Å². The van der Waals surface area contributed by atoms with E-state index in [2.05, 4.69) is 24.8 Å². The molecule has 0 saturated carbocycles. The zero-order valence-corrected chi connectivity index (χ0v) is 15.0. The van der Waals surface area contributed by atoms with E-state index in [9.17, 15) is 5.11 Å². The fourth-order valence-corrected chi connectivity index (χ4v) is 3.52. The van der Waals surface area contributed by atoms with Crippen LogP contribution in [0.25, 0.3) is 0 Å². The number of aromatic nitrogens is 2. The Hall–Kier alpha value is -2.19. The van der Waals surface area contributed by atoms with Crippen LogP contribution >= 0.6 is 11.3 Å². The molecule has 0 bridgehead atoms. The first-order valence-electron chi connectivity index (χ1n) is 8.46. The summed E-state index contributed by atoms with van der Waals surface area (Å²) < 4.78 is 0. The van der Waals surface area contributed by atoms with Gasteiger partial charge in [-0.25, -0.2) is 4.98 Å². The van der Waals surface area contributed by atoms with Gasteiger partial charge in [-0.2, -0.15) is 0 Å². The Morgan fingerprint density at radius 3 is 2.72 bits per heavy atom. The van der Waals surface area contributed by atoms with E-state index in [-0.39, 0.29) is 12.5 Å². The molecule has 0 radical (unpaired) electrons. The molecule has 1 aliphatic rings. The highest BCUT2D eigenvalue weighted by Gasteiger charge is 2.20. The van der Waals surface area contributed by atoms with Crippen molar-refractivity contribution in [3.63, 3.8) is 0 Å². The van der Waals surface area contributed by atoms with E-state index >= 15 is 0 Å². The van der Waals surface area contributed by atoms with E-state index in [0.717, 1.165) is 37.0 Å². The molecule has 25 heavy (non-hydrogen) atoms. The zero-order chi connectivity index (χ0) is 17.5. The van der Waals surface area contributed by atoms with Crippen molar-refractivity contribution in [3.05, 3.63) is 41.7 Å². The van der Waals surface area contributed by atoms with Crippen LogP contribution in [-0.2, 0) is 6.42 Å². The van der Waals surface area contributed by atoms with Crippen molar-refractivity contribution in [1.29, 1.82) is 0 Å². The lowest BCUT2D eigenvalue weighted by Crippen LogP contribution is -2.51. The van der Waals surface area contributed by atoms with Crippen LogP contribution in [0, 0.1) is 5.92 Å². The number of pyridine rings is 1. The summed E-state index contributed by atoms with van der Waals surface area (Å²) in [4.78, 5) is 17.5. The van der Waals surface area contributed by atoms with Crippen molar-refractivity contribution in [2.45, 2.75) is 6.42 Å². The molecular formula is C17H24N6OS. The minimum absolute atomic E-state index is 0.0325. The van der Waals surface area contributed by atoms with Crippen LogP contribution in [0.1, 0.15) is 5.69 Å². The lowest BCUT2D eigenvalue weighted by atomic mass is 10.0. The van der Waals surface area contributed by atoms with Gasteiger partial charge >= 0.3 is 0 Å². The summed E-state index contributed by atoms with van der Waals surface area (Å²) in [5.74, 6) is 0.586. The van der Waals surface area contributed by atoms with Crippen molar-refractivity contribution < 1.29 is 5.11 Å². The number of guanidine groups is 1. The van der Waals surface area contributed by atoms with Crippen LogP contribution in [-0.4, -0.2) is 65.3 Å². The Morgan fingerprint density at radius 1 is 1.24 bits per heavy atom. The van der Waals surface area contributed by atoms with Gasteiger partial charge in [0.1, 0.15) is 0 Å². The van der Waals surface area contributed by atoms with E-state index in [1.54, 1.807) is 17.5 Å². The topological polar surface area (TPSA) is 90.9 Å². The van der Waals surface area contributed by atoms with Crippen LogP contribution in [0.4, 0.5) is 5.13 Å². The minimum Gasteiger partial charge on any atom is -0.396 e. The van der Waals surface area contributed by atoms with Gasteiger partial charge in [-0.1, -0.05) is 6.07 Å². The molecule has 1 aliphatic heterocycles. The summed E-state index contributed by atoms with van der Waals surface area (Å²) in [5.41, 5.74) is 7.12. The van der Waals surface area contributed by atoms with Crippen LogP contribution in [0.15, 0.2) is 41.0 Å². The monoisotopic (exact) mass is 360 g/mol. The second-order valence-electron chi connectivity index (χ2n) is 6.06. The van der Waals surface area contributed by atoms with Crippen molar-refractivity contribution in [1.82, 2.24) is 14.9 Å². The van der Waals surface area contributed by atoms with E-state index in [1.807, 2.05) is 29.8 Å². The molecule has 7 nitrogen and oxygen atoms in total. The first-order chi connectivity index (χ1) is 12.3. The largest absolute Gasteiger partial charge is 0.396 e. The van der Waals surface area contributed by atoms with Gasteiger partial charge < -0.3 is 20.6 Å². The van der Waals surface area contributed by atoms with E-state index in [0.29, 0.717) is 18.9 Å². The summed E-state index contributed by atoms with van der Waals surface area (Å²) in [5, 5.41) is 12.6. The average molecular weight is 360 g/mol. The number of rotatable bonds is 6. The summed E-state index contributed by atoms with van der Waals surface area (Å²) in [6, 6.07) is 5.81. The van der Waals surface area contributed by atoms with Gasteiger partial charge in [0.05, 0.1) is 0 Å². The fraction of sp³-hybridized carbons (Fsp3) is 0.471. The minimum atomic E-state index is 0.0325. The Labute approximate surface area is 151 Å². The first kappa shape index (κ1) is 17.6. The smallest absolute Gasteiger partial charge is 0.191 e. The SMILES string of the molecule is NC(=NCC(CO)Cc1ccccn1)N1CCN(c2nccs2)CC1. The molecular weight excluding hydrogens is 336 g/mol. The number of hydrogen-bond acceptors (Lipinski definition) is 6. The molecule has 3 heterocycles. The Balaban J connectivity index is 1.49. The van der Waals surface area contributed by atoms with Gasteiger partial charge in [-0.15, -0.1) is 11.3 Å². The summed E-state index contributed by atoms with van der Waals surface area (Å²) >= 11 is 1.66. The number of nitrogens with zero attached hydrogens (tertiary/aromatic N) is 5. The third kappa shape index (κ3) is 4.90. The van der Waals surface area contributed by atoms with Gasteiger partial charge in [0, 0.05) is 68.7 Å². The lowest BCUT2D eigenvalue weighted by Gasteiger charge is -2.35. The Bertz CT molecular complexity index is 655. The number of thiazole rings is 1. The Kier molecular flexibility index (Phi) is 6.19. The maximum absolute atomic E-state index is 9.59. The number of aliphatic hydroxyl groups excluding tert-OH is 1. The average Bonchev–Trinajstić information content (AvgIpc) is 3.20. The van der Waals surface area contributed by atoms with Crippen LogP contribution < -0.4 is 10.6 Å². The fourth-order valence-electron chi connectivity index (χ4n) is 2.82. The van der Waals surface area contributed by atoms with E-state index in [1.165, 1.54) is 0 Å². The molecule has 8 heteroatoms.